The van der Waals surface area contributed by atoms with Crippen LogP contribution in [0.4, 0.5) is 11.5 Å². The van der Waals surface area contributed by atoms with E-state index in [4.69, 9.17) is 4.74 Å². The molecule has 3 N–H and O–H groups in total. The van der Waals surface area contributed by atoms with Gasteiger partial charge < -0.3 is 15.0 Å². The van der Waals surface area contributed by atoms with Crippen LogP contribution in [0, 0.1) is 0 Å². The number of benzene rings is 1. The monoisotopic (exact) mass is 342 g/mol. The maximum atomic E-state index is 12.3. The number of pyridine rings is 1. The molecule has 6 heteroatoms. The first-order valence-electron chi connectivity index (χ1n) is 8.82. The van der Waals surface area contributed by atoms with Crippen molar-refractivity contribution >= 4 is 17.4 Å². The van der Waals surface area contributed by atoms with Crippen molar-refractivity contribution in [1.82, 2.24) is 0 Å². The number of anilines is 2. The molecule has 0 aliphatic carbocycles. The van der Waals surface area contributed by atoms with Crippen LogP contribution in [0.3, 0.4) is 0 Å². The van der Waals surface area contributed by atoms with Crippen molar-refractivity contribution in [3.05, 3.63) is 48.7 Å². The van der Waals surface area contributed by atoms with Crippen LogP contribution in [0.2, 0.25) is 0 Å². The lowest BCUT2D eigenvalue weighted by atomic mass is 10.2. The SMILES string of the molecule is CCOc1ccc(NC(=O)C[NH+]2CCN(c3cccc[nH+]3)CC2)cc1. The lowest BCUT2D eigenvalue weighted by Crippen LogP contribution is -3.15. The molecule has 1 amide bonds. The predicted molar refractivity (Wildman–Crippen MR) is 97.0 cm³/mol. The summed E-state index contributed by atoms with van der Waals surface area (Å²) in [7, 11) is 0. The van der Waals surface area contributed by atoms with Gasteiger partial charge in [-0.05, 0) is 37.3 Å². The summed E-state index contributed by atoms with van der Waals surface area (Å²) < 4.78 is 5.41. The molecule has 1 saturated heterocycles. The highest BCUT2D eigenvalue weighted by Crippen LogP contribution is 2.15. The standard InChI is InChI=1S/C19H24N4O2/c1-2-25-17-8-6-16(7-9-17)21-19(24)15-22-11-13-23(14-12-22)18-5-3-4-10-20-18/h3-10H,2,11-15H2,1H3,(H,21,24)/p+2. The first-order valence-corrected chi connectivity index (χ1v) is 8.82. The highest BCUT2D eigenvalue weighted by Gasteiger charge is 2.27. The molecule has 0 spiro atoms. The Balaban J connectivity index is 1.44. The van der Waals surface area contributed by atoms with E-state index in [9.17, 15) is 4.79 Å². The number of hydrogen-bond acceptors (Lipinski definition) is 3. The maximum absolute atomic E-state index is 12.3. The summed E-state index contributed by atoms with van der Waals surface area (Å²) in [6.45, 7) is 6.91. The molecule has 1 fully saturated rings. The average Bonchev–Trinajstić information content (AvgIpc) is 2.65. The lowest BCUT2D eigenvalue weighted by Gasteiger charge is -2.27. The Hall–Kier alpha value is -2.60. The van der Waals surface area contributed by atoms with Crippen molar-refractivity contribution in [2.24, 2.45) is 0 Å². The number of aromatic nitrogens is 1. The molecule has 2 heterocycles. The second-order valence-electron chi connectivity index (χ2n) is 6.17. The van der Waals surface area contributed by atoms with Gasteiger partial charge in [-0.2, -0.15) is 0 Å². The molecule has 0 bridgehead atoms. The van der Waals surface area contributed by atoms with Gasteiger partial charge in [-0.25, -0.2) is 4.98 Å². The molecule has 0 unspecified atom stereocenters. The zero-order chi connectivity index (χ0) is 17.5. The van der Waals surface area contributed by atoms with E-state index in [0.29, 0.717) is 13.2 Å². The number of carbonyl (C=O) groups excluding carboxylic acids is 1. The Bertz CT molecular complexity index is 668. The molecule has 1 aromatic heterocycles. The van der Waals surface area contributed by atoms with Crippen molar-refractivity contribution in [2.45, 2.75) is 6.92 Å². The predicted octanol–water partition coefficient (Wildman–Crippen LogP) is 0.243. The molecule has 132 valence electrons. The van der Waals surface area contributed by atoms with Crippen molar-refractivity contribution in [1.29, 1.82) is 0 Å². The summed E-state index contributed by atoms with van der Waals surface area (Å²) in [5.41, 5.74) is 0.811. The summed E-state index contributed by atoms with van der Waals surface area (Å²) in [5.74, 6) is 2.01. The quantitative estimate of drug-likeness (QED) is 0.791. The van der Waals surface area contributed by atoms with Gasteiger partial charge in [-0.15, -0.1) is 0 Å². The first-order chi connectivity index (χ1) is 12.2. The van der Waals surface area contributed by atoms with Crippen LogP contribution in [0.25, 0.3) is 0 Å². The van der Waals surface area contributed by atoms with E-state index in [0.717, 1.165) is 43.4 Å². The number of H-pyrrole nitrogens is 1. The van der Waals surface area contributed by atoms with Gasteiger partial charge in [0.2, 0.25) is 0 Å². The van der Waals surface area contributed by atoms with Crippen LogP contribution in [-0.4, -0.2) is 45.2 Å². The number of ether oxygens (including phenoxy) is 1. The van der Waals surface area contributed by atoms with E-state index in [2.05, 4.69) is 21.3 Å². The minimum atomic E-state index is 0.0545. The molecule has 3 rings (SSSR count). The normalized spacial score (nSPS) is 15.0. The average molecular weight is 342 g/mol. The fraction of sp³-hybridized carbons (Fsp3) is 0.368. The Morgan fingerprint density at radius 2 is 1.96 bits per heavy atom. The zero-order valence-electron chi connectivity index (χ0n) is 14.6. The van der Waals surface area contributed by atoms with E-state index < -0.39 is 0 Å². The van der Waals surface area contributed by atoms with Gasteiger partial charge in [0.25, 0.3) is 11.7 Å². The van der Waals surface area contributed by atoms with Crippen molar-refractivity contribution in [2.75, 3.05) is 49.5 Å². The lowest BCUT2D eigenvalue weighted by molar-refractivity contribution is -0.892. The second-order valence-corrected chi connectivity index (χ2v) is 6.17. The fourth-order valence-electron chi connectivity index (χ4n) is 3.05. The van der Waals surface area contributed by atoms with Crippen LogP contribution in [0.15, 0.2) is 48.7 Å². The van der Waals surface area contributed by atoms with Gasteiger partial charge >= 0.3 is 0 Å². The number of quaternary nitrogens is 1. The molecule has 0 saturated carbocycles. The van der Waals surface area contributed by atoms with E-state index in [1.54, 1.807) is 0 Å². The third-order valence-corrected chi connectivity index (χ3v) is 4.36. The zero-order valence-corrected chi connectivity index (χ0v) is 14.6. The largest absolute Gasteiger partial charge is 0.494 e. The molecule has 1 aromatic carbocycles. The van der Waals surface area contributed by atoms with Crippen molar-refractivity contribution in [3.8, 4) is 5.75 Å². The molecule has 2 aromatic rings. The Morgan fingerprint density at radius 3 is 2.60 bits per heavy atom. The number of rotatable bonds is 6. The van der Waals surface area contributed by atoms with E-state index in [1.807, 2.05) is 49.5 Å². The summed E-state index contributed by atoms with van der Waals surface area (Å²) in [4.78, 5) is 19.2. The molecule has 6 nitrogen and oxygen atoms in total. The van der Waals surface area contributed by atoms with Crippen molar-refractivity contribution in [3.63, 3.8) is 0 Å². The minimum Gasteiger partial charge on any atom is -0.494 e. The summed E-state index contributed by atoms with van der Waals surface area (Å²) in [5, 5.41) is 2.97. The second kappa shape index (κ2) is 8.48. The number of nitrogens with one attached hydrogen (secondary N) is 3. The number of piperazine rings is 1. The topological polar surface area (TPSA) is 60.1 Å². The summed E-state index contributed by atoms with van der Waals surface area (Å²) >= 11 is 0. The van der Waals surface area contributed by atoms with Gasteiger partial charge in [-0.1, -0.05) is 6.07 Å². The Kier molecular flexibility index (Phi) is 5.85. The Morgan fingerprint density at radius 1 is 1.20 bits per heavy atom. The number of nitrogens with zero attached hydrogens (tertiary/aromatic N) is 1. The van der Waals surface area contributed by atoms with E-state index >= 15 is 0 Å². The highest BCUT2D eigenvalue weighted by molar-refractivity contribution is 5.91. The van der Waals surface area contributed by atoms with Crippen molar-refractivity contribution < 1.29 is 19.4 Å². The molecule has 1 aliphatic heterocycles. The summed E-state index contributed by atoms with van der Waals surface area (Å²) in [6, 6.07) is 13.6. The molecule has 0 atom stereocenters. The number of aromatic amines is 1. The number of carbonyl (C=O) groups is 1. The highest BCUT2D eigenvalue weighted by atomic mass is 16.5. The molecule has 1 aliphatic rings. The van der Waals surface area contributed by atoms with Gasteiger partial charge in [0.15, 0.2) is 6.54 Å². The smallest absolute Gasteiger partial charge is 0.279 e. The van der Waals surface area contributed by atoms with Gasteiger partial charge in [0.05, 0.1) is 12.8 Å². The number of amides is 1. The maximum Gasteiger partial charge on any atom is 0.279 e. The van der Waals surface area contributed by atoms with E-state index in [1.165, 1.54) is 4.90 Å². The molecular formula is C19H26N4O2+2. The molecular weight excluding hydrogens is 316 g/mol. The van der Waals surface area contributed by atoms with Gasteiger partial charge in [-0.3, -0.25) is 9.69 Å². The van der Waals surface area contributed by atoms with Crippen LogP contribution in [-0.2, 0) is 4.79 Å². The van der Waals surface area contributed by atoms with Gasteiger partial charge in [0, 0.05) is 11.8 Å². The third-order valence-electron chi connectivity index (χ3n) is 4.36. The van der Waals surface area contributed by atoms with Crippen LogP contribution < -0.4 is 24.8 Å². The van der Waals surface area contributed by atoms with E-state index in [-0.39, 0.29) is 5.91 Å². The first kappa shape index (κ1) is 17.2. The molecule has 25 heavy (non-hydrogen) atoms. The van der Waals surface area contributed by atoms with Gasteiger partial charge in [0.1, 0.15) is 31.9 Å². The number of hydrogen-bond donors (Lipinski definition) is 2. The van der Waals surface area contributed by atoms with Crippen LogP contribution >= 0.6 is 0 Å². The third kappa shape index (κ3) is 4.93. The molecule has 0 radical (unpaired) electrons. The Labute approximate surface area is 148 Å². The minimum absolute atomic E-state index is 0.0545. The van der Waals surface area contributed by atoms with Crippen LogP contribution in [0.1, 0.15) is 6.92 Å². The fourth-order valence-corrected chi connectivity index (χ4v) is 3.05. The van der Waals surface area contributed by atoms with Crippen LogP contribution in [0.5, 0.6) is 5.75 Å². The summed E-state index contributed by atoms with van der Waals surface area (Å²) in [6.07, 6.45) is 1.94.